The maximum absolute atomic E-state index is 2.42. The molecule has 16 heavy (non-hydrogen) atoms. The van der Waals surface area contributed by atoms with Crippen molar-refractivity contribution in [3.05, 3.63) is 12.2 Å². The monoisotopic (exact) mass is 224 g/mol. The van der Waals surface area contributed by atoms with E-state index in [4.69, 9.17) is 0 Å². The van der Waals surface area contributed by atoms with Crippen molar-refractivity contribution in [2.24, 2.45) is 5.92 Å². The van der Waals surface area contributed by atoms with Crippen LogP contribution in [0, 0.1) is 5.92 Å². The zero-order chi connectivity index (χ0) is 12.1. The second-order valence-corrected chi connectivity index (χ2v) is 4.98. The molecule has 96 valence electrons. The molecule has 0 aromatic rings. The van der Waals surface area contributed by atoms with Crippen LogP contribution in [0.3, 0.4) is 0 Å². The van der Waals surface area contributed by atoms with Crippen LogP contribution < -0.4 is 0 Å². The van der Waals surface area contributed by atoms with Gasteiger partial charge in [0.05, 0.1) is 0 Å². The fourth-order valence-electron chi connectivity index (χ4n) is 2.26. The molecule has 0 heterocycles. The molecular weight excluding hydrogens is 192 g/mol. The van der Waals surface area contributed by atoms with Gasteiger partial charge in [-0.2, -0.15) is 0 Å². The van der Waals surface area contributed by atoms with Gasteiger partial charge in [-0.1, -0.05) is 77.4 Å². The Morgan fingerprint density at radius 2 is 1.31 bits per heavy atom. The minimum Gasteiger partial charge on any atom is -0.0914 e. The van der Waals surface area contributed by atoms with Gasteiger partial charge in [-0.3, -0.25) is 0 Å². The Bertz CT molecular complexity index is 146. The standard InChI is InChI=1S/C16H32/c1-4-7-9-10-11-12-15-16(13-6-3)14-8-5-2/h6,13,16H,4-5,7-12,14-15H2,1-3H3. The van der Waals surface area contributed by atoms with Gasteiger partial charge in [0.25, 0.3) is 0 Å². The van der Waals surface area contributed by atoms with Crippen LogP contribution in [0.1, 0.15) is 85.0 Å². The van der Waals surface area contributed by atoms with E-state index in [2.05, 4.69) is 32.9 Å². The van der Waals surface area contributed by atoms with Gasteiger partial charge >= 0.3 is 0 Å². The molecule has 0 aliphatic rings. The fraction of sp³-hybridized carbons (Fsp3) is 0.875. The summed E-state index contributed by atoms with van der Waals surface area (Å²) in [5.74, 6) is 0.858. The lowest BCUT2D eigenvalue weighted by atomic mass is 9.94. The van der Waals surface area contributed by atoms with Crippen molar-refractivity contribution in [2.45, 2.75) is 85.0 Å². The van der Waals surface area contributed by atoms with Crippen molar-refractivity contribution in [1.82, 2.24) is 0 Å². The summed E-state index contributed by atoms with van der Waals surface area (Å²) in [6, 6.07) is 0. The molecule has 0 bridgehead atoms. The summed E-state index contributed by atoms with van der Waals surface area (Å²) < 4.78 is 0. The Hall–Kier alpha value is -0.260. The Morgan fingerprint density at radius 3 is 1.94 bits per heavy atom. The van der Waals surface area contributed by atoms with E-state index in [-0.39, 0.29) is 0 Å². The van der Waals surface area contributed by atoms with Crippen LogP contribution >= 0.6 is 0 Å². The van der Waals surface area contributed by atoms with E-state index in [0.717, 1.165) is 5.92 Å². The second kappa shape index (κ2) is 12.8. The normalized spacial score (nSPS) is 13.4. The summed E-state index contributed by atoms with van der Waals surface area (Å²) >= 11 is 0. The molecular formula is C16H32. The average molecular weight is 224 g/mol. The molecule has 0 aliphatic heterocycles. The Morgan fingerprint density at radius 1 is 0.750 bits per heavy atom. The highest BCUT2D eigenvalue weighted by Crippen LogP contribution is 2.18. The van der Waals surface area contributed by atoms with Crippen molar-refractivity contribution < 1.29 is 0 Å². The van der Waals surface area contributed by atoms with E-state index in [1.807, 2.05) is 0 Å². The topological polar surface area (TPSA) is 0 Å². The van der Waals surface area contributed by atoms with Crippen molar-refractivity contribution >= 4 is 0 Å². The average Bonchev–Trinajstić information content (AvgIpc) is 2.30. The predicted octanol–water partition coefficient (Wildman–Crippen LogP) is 6.12. The molecule has 0 amide bonds. The molecule has 0 saturated carbocycles. The molecule has 1 atom stereocenters. The highest BCUT2D eigenvalue weighted by Gasteiger charge is 2.03. The Labute approximate surface area is 104 Å². The first-order valence-electron chi connectivity index (χ1n) is 7.47. The van der Waals surface area contributed by atoms with Crippen LogP contribution in [-0.2, 0) is 0 Å². The fourth-order valence-corrected chi connectivity index (χ4v) is 2.26. The van der Waals surface area contributed by atoms with Gasteiger partial charge in [-0.05, 0) is 25.7 Å². The van der Waals surface area contributed by atoms with Crippen LogP contribution in [0.2, 0.25) is 0 Å². The number of unbranched alkanes of at least 4 members (excludes halogenated alkanes) is 6. The van der Waals surface area contributed by atoms with Gasteiger partial charge in [-0.25, -0.2) is 0 Å². The number of hydrogen-bond acceptors (Lipinski definition) is 0. The molecule has 0 nitrogen and oxygen atoms in total. The van der Waals surface area contributed by atoms with Gasteiger partial charge in [0, 0.05) is 0 Å². The van der Waals surface area contributed by atoms with E-state index in [1.54, 1.807) is 0 Å². The molecule has 0 aliphatic carbocycles. The summed E-state index contributed by atoms with van der Waals surface area (Å²) in [6.45, 7) is 6.73. The molecule has 0 spiro atoms. The SMILES string of the molecule is CC=CC(CCCC)CCCCCCCC. The molecule has 0 aromatic carbocycles. The van der Waals surface area contributed by atoms with E-state index in [1.165, 1.54) is 64.2 Å². The third kappa shape index (κ3) is 10.3. The summed E-state index contributed by atoms with van der Waals surface area (Å²) in [6.07, 6.45) is 18.7. The van der Waals surface area contributed by atoms with Crippen LogP contribution in [-0.4, -0.2) is 0 Å². The first-order chi connectivity index (χ1) is 7.85. The first-order valence-corrected chi connectivity index (χ1v) is 7.47. The van der Waals surface area contributed by atoms with Crippen LogP contribution in [0.4, 0.5) is 0 Å². The second-order valence-electron chi connectivity index (χ2n) is 4.98. The van der Waals surface area contributed by atoms with E-state index in [0.29, 0.717) is 0 Å². The van der Waals surface area contributed by atoms with Gasteiger partial charge < -0.3 is 0 Å². The smallest absolute Gasteiger partial charge is 0.0234 e. The molecule has 0 fully saturated rings. The molecule has 0 heteroatoms. The van der Waals surface area contributed by atoms with Gasteiger partial charge in [0.2, 0.25) is 0 Å². The highest BCUT2D eigenvalue weighted by molar-refractivity contribution is 4.85. The first kappa shape index (κ1) is 15.7. The lowest BCUT2D eigenvalue weighted by Gasteiger charge is -2.11. The highest BCUT2D eigenvalue weighted by atomic mass is 14.1. The van der Waals surface area contributed by atoms with Crippen LogP contribution in [0.25, 0.3) is 0 Å². The van der Waals surface area contributed by atoms with Crippen molar-refractivity contribution in [1.29, 1.82) is 0 Å². The summed E-state index contributed by atoms with van der Waals surface area (Å²) in [5.41, 5.74) is 0. The zero-order valence-corrected chi connectivity index (χ0v) is 11.8. The van der Waals surface area contributed by atoms with Gasteiger partial charge in [0.15, 0.2) is 0 Å². The third-order valence-corrected chi connectivity index (χ3v) is 3.32. The van der Waals surface area contributed by atoms with Gasteiger partial charge in [-0.15, -0.1) is 0 Å². The minimum absolute atomic E-state index is 0.858. The van der Waals surface area contributed by atoms with Gasteiger partial charge in [0.1, 0.15) is 0 Å². The Balaban J connectivity index is 3.44. The zero-order valence-electron chi connectivity index (χ0n) is 11.8. The summed E-state index contributed by atoms with van der Waals surface area (Å²) in [5, 5.41) is 0. The summed E-state index contributed by atoms with van der Waals surface area (Å²) in [7, 11) is 0. The quantitative estimate of drug-likeness (QED) is 0.293. The third-order valence-electron chi connectivity index (χ3n) is 3.32. The van der Waals surface area contributed by atoms with Crippen LogP contribution in [0.15, 0.2) is 12.2 Å². The predicted molar refractivity (Wildman–Crippen MR) is 75.8 cm³/mol. The molecule has 0 rings (SSSR count). The maximum Gasteiger partial charge on any atom is -0.0234 e. The van der Waals surface area contributed by atoms with Crippen molar-refractivity contribution in [3.8, 4) is 0 Å². The Kier molecular flexibility index (Phi) is 12.6. The largest absolute Gasteiger partial charge is 0.0914 e. The molecule has 1 unspecified atom stereocenters. The van der Waals surface area contributed by atoms with Crippen molar-refractivity contribution in [3.63, 3.8) is 0 Å². The molecule has 0 aromatic heterocycles. The lowest BCUT2D eigenvalue weighted by molar-refractivity contribution is 0.478. The van der Waals surface area contributed by atoms with E-state index < -0.39 is 0 Å². The number of rotatable bonds is 11. The summed E-state index contributed by atoms with van der Waals surface area (Å²) in [4.78, 5) is 0. The lowest BCUT2D eigenvalue weighted by Crippen LogP contribution is -1.96. The van der Waals surface area contributed by atoms with E-state index in [9.17, 15) is 0 Å². The van der Waals surface area contributed by atoms with E-state index >= 15 is 0 Å². The molecule has 0 radical (unpaired) electrons. The molecule has 0 N–H and O–H groups in total. The number of hydrogen-bond donors (Lipinski definition) is 0. The number of allylic oxidation sites excluding steroid dienone is 2. The van der Waals surface area contributed by atoms with Crippen molar-refractivity contribution in [2.75, 3.05) is 0 Å². The molecule has 0 saturated heterocycles. The minimum atomic E-state index is 0.858. The van der Waals surface area contributed by atoms with Crippen LogP contribution in [0.5, 0.6) is 0 Å². The maximum atomic E-state index is 2.42.